The van der Waals surface area contributed by atoms with Crippen molar-refractivity contribution in [1.29, 1.82) is 0 Å². The van der Waals surface area contributed by atoms with Crippen LogP contribution in [0, 0.1) is 5.21 Å². The van der Waals surface area contributed by atoms with Gasteiger partial charge in [-0.15, -0.1) is 0 Å². The molecule has 0 radical (unpaired) electrons. The Morgan fingerprint density at radius 1 is 1.37 bits per heavy atom. The minimum atomic E-state index is 0.500. The molecule has 0 aliphatic carbocycles. The minimum Gasteiger partial charge on any atom is -0.618 e. The standard InChI is InChI=1S/C12H9N3O2S2/c16-15-5-2-1-3-11(15)19-8-10-13-12(17-14-10)9-4-6-18-7-9/h1-7H,8H2. The Balaban J connectivity index is 1.70. The number of pyridine rings is 1. The van der Waals surface area contributed by atoms with Crippen LogP contribution in [0.25, 0.3) is 11.5 Å². The molecule has 7 heteroatoms. The van der Waals surface area contributed by atoms with Gasteiger partial charge in [-0.3, -0.25) is 0 Å². The lowest BCUT2D eigenvalue weighted by molar-refractivity contribution is -0.645. The van der Waals surface area contributed by atoms with Gasteiger partial charge in [-0.2, -0.15) is 21.1 Å². The van der Waals surface area contributed by atoms with Gasteiger partial charge in [0.15, 0.2) is 12.0 Å². The molecule has 0 aliphatic heterocycles. The van der Waals surface area contributed by atoms with Gasteiger partial charge >= 0.3 is 0 Å². The van der Waals surface area contributed by atoms with Gasteiger partial charge in [0, 0.05) is 17.5 Å². The summed E-state index contributed by atoms with van der Waals surface area (Å²) in [6, 6.07) is 7.21. The third-order valence-electron chi connectivity index (χ3n) is 2.37. The zero-order valence-electron chi connectivity index (χ0n) is 9.72. The Hall–Kier alpha value is -1.86. The van der Waals surface area contributed by atoms with Crippen molar-refractivity contribution >= 4 is 23.1 Å². The Kier molecular flexibility index (Phi) is 3.47. The van der Waals surface area contributed by atoms with E-state index in [0.29, 0.717) is 22.5 Å². The largest absolute Gasteiger partial charge is 0.618 e. The van der Waals surface area contributed by atoms with Crippen LogP contribution in [0.5, 0.6) is 0 Å². The van der Waals surface area contributed by atoms with Crippen LogP contribution in [0.2, 0.25) is 0 Å². The van der Waals surface area contributed by atoms with E-state index in [0.717, 1.165) is 10.3 Å². The van der Waals surface area contributed by atoms with Crippen LogP contribution in [-0.2, 0) is 5.75 Å². The number of thiophene rings is 1. The fourth-order valence-electron chi connectivity index (χ4n) is 1.48. The van der Waals surface area contributed by atoms with E-state index in [1.165, 1.54) is 18.0 Å². The highest BCUT2D eigenvalue weighted by Crippen LogP contribution is 2.22. The van der Waals surface area contributed by atoms with Crippen LogP contribution in [0.15, 0.2) is 50.8 Å². The molecule has 0 atom stereocenters. The zero-order chi connectivity index (χ0) is 13.1. The molecule has 0 saturated carbocycles. The molecule has 0 N–H and O–H groups in total. The Morgan fingerprint density at radius 2 is 2.32 bits per heavy atom. The number of hydrogen-bond donors (Lipinski definition) is 0. The number of rotatable bonds is 4. The summed E-state index contributed by atoms with van der Waals surface area (Å²) in [6.07, 6.45) is 1.47. The lowest BCUT2D eigenvalue weighted by Crippen LogP contribution is -2.27. The molecule has 3 aromatic rings. The summed E-state index contributed by atoms with van der Waals surface area (Å²) in [5.74, 6) is 1.59. The molecule has 0 fully saturated rings. The number of nitrogens with zero attached hydrogens (tertiary/aromatic N) is 3. The van der Waals surface area contributed by atoms with Gasteiger partial charge in [-0.1, -0.05) is 5.16 Å². The van der Waals surface area contributed by atoms with E-state index in [4.69, 9.17) is 4.52 Å². The number of thioether (sulfide) groups is 1. The number of aromatic nitrogens is 3. The van der Waals surface area contributed by atoms with Crippen molar-refractivity contribution in [3.05, 3.63) is 52.3 Å². The second-order valence-electron chi connectivity index (χ2n) is 3.68. The fourth-order valence-corrected chi connectivity index (χ4v) is 2.87. The maximum absolute atomic E-state index is 11.5. The van der Waals surface area contributed by atoms with E-state index >= 15 is 0 Å². The minimum absolute atomic E-state index is 0.500. The van der Waals surface area contributed by atoms with Crippen molar-refractivity contribution in [2.24, 2.45) is 0 Å². The molecule has 0 unspecified atom stereocenters. The van der Waals surface area contributed by atoms with Gasteiger partial charge < -0.3 is 9.73 Å². The fraction of sp³-hybridized carbons (Fsp3) is 0.0833. The molecule has 0 aromatic carbocycles. The quantitative estimate of drug-likeness (QED) is 0.420. The van der Waals surface area contributed by atoms with Crippen LogP contribution in [0.4, 0.5) is 0 Å². The van der Waals surface area contributed by atoms with Crippen molar-refractivity contribution in [2.45, 2.75) is 10.8 Å². The normalized spacial score (nSPS) is 10.7. The summed E-state index contributed by atoms with van der Waals surface area (Å²) in [6.45, 7) is 0. The van der Waals surface area contributed by atoms with E-state index in [1.807, 2.05) is 22.9 Å². The van der Waals surface area contributed by atoms with E-state index in [9.17, 15) is 5.21 Å². The van der Waals surface area contributed by atoms with Gasteiger partial charge in [0.2, 0.25) is 0 Å². The molecule has 0 saturated heterocycles. The summed E-state index contributed by atoms with van der Waals surface area (Å²) < 4.78 is 6.00. The average molecular weight is 291 g/mol. The van der Waals surface area contributed by atoms with Crippen LogP contribution >= 0.6 is 23.1 Å². The molecule has 3 heterocycles. The Labute approximate surface area is 117 Å². The average Bonchev–Trinajstić information content (AvgIpc) is 3.09. The van der Waals surface area contributed by atoms with Gasteiger partial charge in [0.1, 0.15) is 0 Å². The first-order valence-electron chi connectivity index (χ1n) is 5.49. The van der Waals surface area contributed by atoms with Crippen LogP contribution in [-0.4, -0.2) is 10.1 Å². The summed E-state index contributed by atoms with van der Waals surface area (Å²) in [4.78, 5) is 4.29. The smallest absolute Gasteiger partial charge is 0.258 e. The molecule has 19 heavy (non-hydrogen) atoms. The van der Waals surface area contributed by atoms with E-state index in [-0.39, 0.29) is 0 Å². The SMILES string of the molecule is [O-][n+]1ccccc1SCc1noc(-c2ccsc2)n1. The number of hydrogen-bond acceptors (Lipinski definition) is 6. The molecule has 0 amide bonds. The topological polar surface area (TPSA) is 65.9 Å². The van der Waals surface area contributed by atoms with Crippen LogP contribution in [0.1, 0.15) is 5.82 Å². The van der Waals surface area contributed by atoms with E-state index < -0.39 is 0 Å². The first kappa shape index (κ1) is 12.2. The molecule has 0 aliphatic rings. The van der Waals surface area contributed by atoms with E-state index in [1.54, 1.807) is 23.5 Å². The Bertz CT molecular complexity index is 667. The molecule has 96 valence electrons. The Morgan fingerprint density at radius 3 is 3.11 bits per heavy atom. The van der Waals surface area contributed by atoms with Crippen molar-refractivity contribution in [3.8, 4) is 11.5 Å². The van der Waals surface area contributed by atoms with Gasteiger partial charge in [-0.05, 0) is 29.3 Å². The lowest BCUT2D eigenvalue weighted by atomic mass is 10.3. The zero-order valence-corrected chi connectivity index (χ0v) is 11.4. The second kappa shape index (κ2) is 5.41. The highest BCUT2D eigenvalue weighted by atomic mass is 32.2. The van der Waals surface area contributed by atoms with Gasteiger partial charge in [0.25, 0.3) is 10.9 Å². The van der Waals surface area contributed by atoms with Crippen molar-refractivity contribution in [3.63, 3.8) is 0 Å². The predicted molar refractivity (Wildman–Crippen MR) is 72.6 cm³/mol. The second-order valence-corrected chi connectivity index (χ2v) is 5.46. The molecule has 0 spiro atoms. The molecule has 0 bridgehead atoms. The highest BCUT2D eigenvalue weighted by Gasteiger charge is 2.11. The molecule has 5 nitrogen and oxygen atoms in total. The van der Waals surface area contributed by atoms with Crippen molar-refractivity contribution in [2.75, 3.05) is 0 Å². The summed E-state index contributed by atoms with van der Waals surface area (Å²) in [7, 11) is 0. The third-order valence-corrected chi connectivity index (χ3v) is 4.07. The highest BCUT2D eigenvalue weighted by molar-refractivity contribution is 7.98. The van der Waals surface area contributed by atoms with Crippen LogP contribution in [0.3, 0.4) is 0 Å². The molecule has 3 rings (SSSR count). The third kappa shape index (κ3) is 2.77. The van der Waals surface area contributed by atoms with Crippen molar-refractivity contribution < 1.29 is 9.25 Å². The molecular formula is C12H9N3O2S2. The first-order valence-corrected chi connectivity index (χ1v) is 7.42. The summed E-state index contributed by atoms with van der Waals surface area (Å²) in [5, 5.41) is 19.9. The van der Waals surface area contributed by atoms with Crippen molar-refractivity contribution in [1.82, 2.24) is 10.1 Å². The monoisotopic (exact) mass is 291 g/mol. The maximum Gasteiger partial charge on any atom is 0.258 e. The van der Waals surface area contributed by atoms with Gasteiger partial charge in [-0.25, -0.2) is 0 Å². The van der Waals surface area contributed by atoms with Crippen LogP contribution < -0.4 is 4.73 Å². The first-order chi connectivity index (χ1) is 9.33. The predicted octanol–water partition coefficient (Wildman–Crippen LogP) is 2.72. The molecular weight excluding hydrogens is 282 g/mol. The maximum atomic E-state index is 11.5. The van der Waals surface area contributed by atoms with Gasteiger partial charge in [0.05, 0.1) is 11.3 Å². The summed E-state index contributed by atoms with van der Waals surface area (Å²) >= 11 is 2.96. The summed E-state index contributed by atoms with van der Waals surface area (Å²) in [5.41, 5.74) is 0.923. The van der Waals surface area contributed by atoms with E-state index in [2.05, 4.69) is 10.1 Å². The molecule has 3 aromatic heterocycles. The lowest BCUT2D eigenvalue weighted by Gasteiger charge is -2.00.